The maximum Gasteiger partial charge on any atom is 0.238 e. The summed E-state index contributed by atoms with van der Waals surface area (Å²) in [5.41, 5.74) is 0.877. The molecule has 3 rings (SSSR count). The van der Waals surface area contributed by atoms with Crippen LogP contribution in [0.25, 0.3) is 0 Å². The summed E-state index contributed by atoms with van der Waals surface area (Å²) in [7, 11) is -3.46. The van der Waals surface area contributed by atoms with Crippen molar-refractivity contribution in [3.63, 3.8) is 0 Å². The smallest absolute Gasteiger partial charge is 0.238 e. The molecule has 3 unspecified atom stereocenters. The summed E-state index contributed by atoms with van der Waals surface area (Å²) in [4.78, 5) is 13.9. The van der Waals surface area contributed by atoms with Crippen molar-refractivity contribution in [2.24, 2.45) is 0 Å². The van der Waals surface area contributed by atoms with E-state index < -0.39 is 15.3 Å². The number of ether oxygens (including phenoxy) is 1. The number of nitrogens with zero attached hydrogens (tertiary/aromatic N) is 1. The van der Waals surface area contributed by atoms with E-state index in [1.54, 1.807) is 0 Å². The van der Waals surface area contributed by atoms with Gasteiger partial charge in [-0.2, -0.15) is 4.31 Å². The average molecular weight is 449 g/mol. The van der Waals surface area contributed by atoms with Crippen LogP contribution in [0.4, 0.5) is 0 Å². The molecule has 0 spiro atoms. The molecule has 1 aliphatic rings. The molecule has 8 heteroatoms. The van der Waals surface area contributed by atoms with Gasteiger partial charge >= 0.3 is 0 Å². The zero-order valence-electron chi connectivity index (χ0n) is 17.2. The molecule has 0 bridgehead atoms. The first-order valence-corrected chi connectivity index (χ1v) is 12.5. The number of nitrogens with one attached hydrogen (secondary N) is 1. The van der Waals surface area contributed by atoms with Gasteiger partial charge < -0.3 is 10.1 Å². The van der Waals surface area contributed by atoms with E-state index >= 15 is 0 Å². The molecule has 1 amide bonds. The van der Waals surface area contributed by atoms with Crippen molar-refractivity contribution in [2.45, 2.75) is 36.2 Å². The van der Waals surface area contributed by atoms with Crippen molar-refractivity contribution in [2.75, 3.05) is 25.4 Å². The van der Waals surface area contributed by atoms with Gasteiger partial charge in [0.05, 0.1) is 18.0 Å². The number of sulfonamides is 1. The van der Waals surface area contributed by atoms with Crippen LogP contribution in [0.15, 0.2) is 65.6 Å². The number of carbonyl (C=O) groups is 1. The Kier molecular flexibility index (Phi) is 7.93. The molecule has 162 valence electrons. The fourth-order valence-electron chi connectivity index (χ4n) is 3.42. The second-order valence-corrected chi connectivity index (χ2v) is 10.7. The maximum atomic E-state index is 13.0. The number of thioether (sulfide) groups is 1. The van der Waals surface area contributed by atoms with Gasteiger partial charge in [0.15, 0.2) is 0 Å². The quantitative estimate of drug-likeness (QED) is 0.628. The third-order valence-corrected chi connectivity index (χ3v) is 7.85. The van der Waals surface area contributed by atoms with Crippen LogP contribution in [0.3, 0.4) is 0 Å². The Bertz CT molecular complexity index is 913. The fourth-order valence-corrected chi connectivity index (χ4v) is 5.98. The Morgan fingerprint density at radius 3 is 2.23 bits per heavy atom. The van der Waals surface area contributed by atoms with Gasteiger partial charge in [0.2, 0.25) is 15.9 Å². The minimum absolute atomic E-state index is 0.0694. The first-order chi connectivity index (χ1) is 14.3. The molecule has 1 saturated heterocycles. The number of benzene rings is 2. The Morgan fingerprint density at radius 2 is 1.63 bits per heavy atom. The Morgan fingerprint density at radius 1 is 1.07 bits per heavy atom. The van der Waals surface area contributed by atoms with Crippen molar-refractivity contribution in [1.29, 1.82) is 0 Å². The number of amides is 1. The van der Waals surface area contributed by atoms with E-state index in [-0.39, 0.29) is 30.4 Å². The van der Waals surface area contributed by atoms with Gasteiger partial charge in [0, 0.05) is 24.5 Å². The van der Waals surface area contributed by atoms with Crippen molar-refractivity contribution in [3.05, 3.63) is 66.2 Å². The lowest BCUT2D eigenvalue weighted by Gasteiger charge is -2.34. The summed E-state index contributed by atoms with van der Waals surface area (Å²) in [5, 5.41) is 2.36. The summed E-state index contributed by atoms with van der Waals surface area (Å²) in [6, 6.07) is 19.2. The molecule has 1 aliphatic heterocycles. The van der Waals surface area contributed by atoms with E-state index in [2.05, 4.69) is 5.32 Å². The zero-order chi connectivity index (χ0) is 21.6. The van der Waals surface area contributed by atoms with Gasteiger partial charge in [-0.3, -0.25) is 4.79 Å². The lowest BCUT2D eigenvalue weighted by molar-refractivity contribution is -0.120. The van der Waals surface area contributed by atoms with E-state index in [4.69, 9.17) is 4.74 Å². The predicted octanol–water partition coefficient (Wildman–Crippen LogP) is 3.08. The third kappa shape index (κ3) is 6.31. The first-order valence-electron chi connectivity index (χ1n) is 10.0. The number of hydrogen-bond acceptors (Lipinski definition) is 5. The van der Waals surface area contributed by atoms with E-state index in [1.807, 2.05) is 74.5 Å². The first kappa shape index (κ1) is 22.8. The number of carbonyl (C=O) groups excluding carboxylic acids is 1. The van der Waals surface area contributed by atoms with E-state index in [9.17, 15) is 13.2 Å². The molecule has 0 aromatic heterocycles. The predicted molar refractivity (Wildman–Crippen MR) is 120 cm³/mol. The molecule has 3 atom stereocenters. The topological polar surface area (TPSA) is 75.7 Å². The van der Waals surface area contributed by atoms with Crippen LogP contribution in [0, 0.1) is 0 Å². The highest BCUT2D eigenvalue weighted by atomic mass is 32.2. The highest BCUT2D eigenvalue weighted by molar-refractivity contribution is 8.00. The SMILES string of the molecule is CC1CN(S(=O)(=O)CCNC(=O)C(Sc2ccccc2)c2ccccc2)CC(C)O1. The molecule has 1 N–H and O–H groups in total. The van der Waals surface area contributed by atoms with Crippen molar-refractivity contribution < 1.29 is 17.9 Å². The second kappa shape index (κ2) is 10.4. The van der Waals surface area contributed by atoms with Crippen LogP contribution in [0.5, 0.6) is 0 Å². The van der Waals surface area contributed by atoms with Gasteiger partial charge in [0.25, 0.3) is 0 Å². The number of rotatable bonds is 8. The highest BCUT2D eigenvalue weighted by Gasteiger charge is 2.31. The van der Waals surface area contributed by atoms with Crippen LogP contribution >= 0.6 is 11.8 Å². The largest absolute Gasteiger partial charge is 0.373 e. The minimum Gasteiger partial charge on any atom is -0.373 e. The van der Waals surface area contributed by atoms with Crippen molar-refractivity contribution in [3.8, 4) is 0 Å². The molecule has 0 radical (unpaired) electrons. The molecule has 30 heavy (non-hydrogen) atoms. The lowest BCUT2D eigenvalue weighted by atomic mass is 10.1. The summed E-state index contributed by atoms with van der Waals surface area (Å²) >= 11 is 1.45. The summed E-state index contributed by atoms with van der Waals surface area (Å²) in [6.45, 7) is 4.49. The zero-order valence-corrected chi connectivity index (χ0v) is 18.9. The average Bonchev–Trinajstić information content (AvgIpc) is 2.72. The van der Waals surface area contributed by atoms with Gasteiger partial charge in [-0.25, -0.2) is 8.42 Å². The van der Waals surface area contributed by atoms with Crippen LogP contribution in [0.2, 0.25) is 0 Å². The lowest BCUT2D eigenvalue weighted by Crippen LogP contribution is -2.49. The van der Waals surface area contributed by atoms with Crippen LogP contribution < -0.4 is 5.32 Å². The van der Waals surface area contributed by atoms with Crippen LogP contribution in [-0.2, 0) is 19.6 Å². The fraction of sp³-hybridized carbons (Fsp3) is 0.409. The van der Waals surface area contributed by atoms with E-state index in [1.165, 1.54) is 16.1 Å². The van der Waals surface area contributed by atoms with Gasteiger partial charge in [-0.05, 0) is 31.5 Å². The Hall–Kier alpha value is -1.87. The molecular weight excluding hydrogens is 420 g/mol. The molecule has 0 saturated carbocycles. The van der Waals surface area contributed by atoms with Gasteiger partial charge in [-0.15, -0.1) is 11.8 Å². The van der Waals surface area contributed by atoms with Crippen molar-refractivity contribution in [1.82, 2.24) is 9.62 Å². The highest BCUT2D eigenvalue weighted by Crippen LogP contribution is 2.35. The summed E-state index contributed by atoms with van der Waals surface area (Å²) < 4.78 is 32.5. The molecule has 6 nitrogen and oxygen atoms in total. The number of hydrogen-bond donors (Lipinski definition) is 1. The Labute approximate surface area is 183 Å². The second-order valence-electron chi connectivity index (χ2n) is 7.40. The summed E-state index contributed by atoms with van der Waals surface area (Å²) in [6.07, 6.45) is -0.273. The molecule has 2 aromatic carbocycles. The minimum atomic E-state index is -3.46. The van der Waals surface area contributed by atoms with Crippen molar-refractivity contribution >= 4 is 27.7 Å². The van der Waals surface area contributed by atoms with Crippen LogP contribution in [0.1, 0.15) is 24.7 Å². The molecular formula is C22H28N2O4S2. The van der Waals surface area contributed by atoms with E-state index in [0.29, 0.717) is 13.1 Å². The maximum absolute atomic E-state index is 13.0. The Balaban J connectivity index is 1.63. The molecule has 1 fully saturated rings. The monoisotopic (exact) mass is 448 g/mol. The number of morpholine rings is 1. The van der Waals surface area contributed by atoms with E-state index in [0.717, 1.165) is 10.5 Å². The molecule has 2 aromatic rings. The van der Waals surface area contributed by atoms with Crippen LogP contribution in [-0.4, -0.2) is 56.2 Å². The van der Waals surface area contributed by atoms with Gasteiger partial charge in [-0.1, -0.05) is 48.5 Å². The summed E-state index contributed by atoms with van der Waals surface area (Å²) in [5.74, 6) is -0.329. The normalized spacial score (nSPS) is 21.1. The van der Waals surface area contributed by atoms with Gasteiger partial charge in [0.1, 0.15) is 5.25 Å². The third-order valence-electron chi connectivity index (χ3n) is 4.78. The molecule has 1 heterocycles. The molecule has 0 aliphatic carbocycles. The standard InChI is InChI=1S/C22H28N2O4S2/c1-17-15-24(16-18(2)28-17)30(26,27)14-13-23-22(25)21(19-9-5-3-6-10-19)29-20-11-7-4-8-12-20/h3-12,17-18,21H,13-16H2,1-2H3,(H,23,25).